The molecule has 2 aromatic carbocycles. The lowest BCUT2D eigenvalue weighted by Crippen LogP contribution is -2.46. The van der Waals surface area contributed by atoms with Gasteiger partial charge in [-0.05, 0) is 11.6 Å². The van der Waals surface area contributed by atoms with Gasteiger partial charge in [0.2, 0.25) is 0 Å². The van der Waals surface area contributed by atoms with Crippen LogP contribution >= 0.6 is 0 Å². The molecule has 0 aliphatic carbocycles. The van der Waals surface area contributed by atoms with Crippen LogP contribution in [0.4, 0.5) is 14.6 Å². The molecule has 2 atom stereocenters. The Morgan fingerprint density at radius 3 is 2.74 bits per heavy atom. The van der Waals surface area contributed by atoms with Crippen LogP contribution in [0.1, 0.15) is 18.1 Å². The number of morpholine rings is 1. The molecule has 4 rings (SSSR count). The van der Waals surface area contributed by atoms with E-state index >= 15 is 0 Å². The first kappa shape index (κ1) is 17.8. The summed E-state index contributed by atoms with van der Waals surface area (Å²) in [5.74, 6) is -1.36. The van der Waals surface area contributed by atoms with E-state index in [1.807, 2.05) is 35.2 Å². The van der Waals surface area contributed by atoms with Crippen LogP contribution in [-0.2, 0) is 4.74 Å². The lowest BCUT2D eigenvalue weighted by atomic mass is 10.0. The average molecular weight is 371 g/mol. The summed E-state index contributed by atoms with van der Waals surface area (Å²) in [5.41, 5.74) is 1.16. The Labute approximate surface area is 155 Å². The van der Waals surface area contributed by atoms with Crippen molar-refractivity contribution in [2.45, 2.75) is 18.6 Å². The van der Waals surface area contributed by atoms with Gasteiger partial charge in [0, 0.05) is 24.4 Å². The molecule has 1 saturated heterocycles. The van der Waals surface area contributed by atoms with Crippen molar-refractivity contribution < 1.29 is 18.6 Å². The Morgan fingerprint density at radius 2 is 1.93 bits per heavy atom. The van der Waals surface area contributed by atoms with Gasteiger partial charge in [0.05, 0.1) is 30.9 Å². The quantitative estimate of drug-likeness (QED) is 0.763. The molecule has 1 fully saturated rings. The van der Waals surface area contributed by atoms with E-state index in [2.05, 4.69) is 9.97 Å². The Balaban J connectivity index is 1.67. The minimum absolute atomic E-state index is 0.153. The number of ether oxygens (including phenoxy) is 1. The van der Waals surface area contributed by atoms with Crippen LogP contribution in [0.5, 0.6) is 0 Å². The highest BCUT2D eigenvalue weighted by atomic mass is 19.2. The summed E-state index contributed by atoms with van der Waals surface area (Å²) < 4.78 is 33.0. The van der Waals surface area contributed by atoms with E-state index in [0.29, 0.717) is 42.9 Å². The first-order valence-electron chi connectivity index (χ1n) is 8.80. The van der Waals surface area contributed by atoms with E-state index < -0.39 is 17.7 Å². The SMILES string of the molecule is O[C@H](C[C@@H]1COCCN1c1ncnc2cc(F)c(F)cc12)c1ccccc1. The molecule has 1 aliphatic heterocycles. The van der Waals surface area contributed by atoms with Crippen LogP contribution in [-0.4, -0.2) is 40.9 Å². The summed E-state index contributed by atoms with van der Waals surface area (Å²) in [6.07, 6.45) is 1.11. The Hall–Kier alpha value is -2.64. The van der Waals surface area contributed by atoms with E-state index in [0.717, 1.165) is 17.7 Å². The van der Waals surface area contributed by atoms with Crippen molar-refractivity contribution in [1.82, 2.24) is 9.97 Å². The zero-order chi connectivity index (χ0) is 18.8. The predicted molar refractivity (Wildman–Crippen MR) is 97.4 cm³/mol. The Bertz CT molecular complexity index is 939. The van der Waals surface area contributed by atoms with Crippen molar-refractivity contribution in [2.75, 3.05) is 24.7 Å². The predicted octanol–water partition coefficient (Wildman–Crippen LogP) is 3.24. The van der Waals surface area contributed by atoms with Crippen molar-refractivity contribution >= 4 is 16.7 Å². The molecule has 0 saturated carbocycles. The van der Waals surface area contributed by atoms with E-state index in [1.165, 1.54) is 6.33 Å². The van der Waals surface area contributed by atoms with Crippen LogP contribution in [0, 0.1) is 11.6 Å². The lowest BCUT2D eigenvalue weighted by molar-refractivity contribution is 0.0677. The van der Waals surface area contributed by atoms with Crippen molar-refractivity contribution in [3.05, 3.63) is 66.0 Å². The van der Waals surface area contributed by atoms with Crippen molar-refractivity contribution in [2.24, 2.45) is 0 Å². The third-order valence-corrected chi connectivity index (χ3v) is 4.84. The Morgan fingerprint density at radius 1 is 1.15 bits per heavy atom. The smallest absolute Gasteiger partial charge is 0.161 e. The molecule has 7 heteroatoms. The molecule has 140 valence electrons. The number of aliphatic hydroxyl groups is 1. The summed E-state index contributed by atoms with van der Waals surface area (Å²) in [6.45, 7) is 1.45. The third kappa shape index (κ3) is 3.61. The highest BCUT2D eigenvalue weighted by Crippen LogP contribution is 2.30. The molecule has 27 heavy (non-hydrogen) atoms. The second kappa shape index (κ2) is 7.54. The van der Waals surface area contributed by atoms with Crippen LogP contribution in [0.2, 0.25) is 0 Å². The van der Waals surface area contributed by atoms with Crippen LogP contribution in [0.25, 0.3) is 10.9 Å². The number of anilines is 1. The maximum absolute atomic E-state index is 13.8. The van der Waals surface area contributed by atoms with Crippen molar-refractivity contribution in [3.8, 4) is 0 Å². The van der Waals surface area contributed by atoms with Gasteiger partial charge in [-0.2, -0.15) is 0 Å². The first-order valence-corrected chi connectivity index (χ1v) is 8.80. The largest absolute Gasteiger partial charge is 0.388 e. The number of nitrogens with zero attached hydrogens (tertiary/aromatic N) is 3. The van der Waals surface area contributed by atoms with E-state index in [9.17, 15) is 13.9 Å². The molecule has 0 unspecified atom stereocenters. The minimum atomic E-state index is -0.940. The monoisotopic (exact) mass is 371 g/mol. The molecule has 1 N–H and O–H groups in total. The van der Waals surface area contributed by atoms with E-state index in [1.54, 1.807) is 0 Å². The summed E-state index contributed by atoms with van der Waals surface area (Å²) in [5, 5.41) is 11.0. The number of halogens is 2. The summed E-state index contributed by atoms with van der Waals surface area (Å²) in [7, 11) is 0. The number of fused-ring (bicyclic) bond motifs is 1. The third-order valence-electron chi connectivity index (χ3n) is 4.84. The van der Waals surface area contributed by atoms with Gasteiger partial charge in [-0.1, -0.05) is 30.3 Å². The van der Waals surface area contributed by atoms with E-state index in [4.69, 9.17) is 4.74 Å². The number of hydrogen-bond donors (Lipinski definition) is 1. The second-order valence-corrected chi connectivity index (χ2v) is 6.57. The van der Waals surface area contributed by atoms with Gasteiger partial charge in [-0.15, -0.1) is 0 Å². The number of rotatable bonds is 4. The van der Waals surface area contributed by atoms with E-state index in [-0.39, 0.29) is 6.04 Å². The molecular weight excluding hydrogens is 352 g/mol. The van der Waals surface area contributed by atoms with Gasteiger partial charge in [0.25, 0.3) is 0 Å². The number of aromatic nitrogens is 2. The fourth-order valence-corrected chi connectivity index (χ4v) is 3.46. The van der Waals surface area contributed by atoms with Crippen LogP contribution < -0.4 is 4.90 Å². The molecular formula is C20H19F2N3O2. The fraction of sp³-hybridized carbons (Fsp3) is 0.300. The van der Waals surface area contributed by atoms with Crippen molar-refractivity contribution in [3.63, 3.8) is 0 Å². The average Bonchev–Trinajstić information content (AvgIpc) is 2.70. The molecule has 1 aromatic heterocycles. The zero-order valence-electron chi connectivity index (χ0n) is 14.6. The number of hydrogen-bond acceptors (Lipinski definition) is 5. The Kier molecular flexibility index (Phi) is 4.96. The molecule has 0 amide bonds. The van der Waals surface area contributed by atoms with Gasteiger partial charge in [-0.3, -0.25) is 0 Å². The van der Waals surface area contributed by atoms with Crippen LogP contribution in [0.3, 0.4) is 0 Å². The summed E-state index contributed by atoms with van der Waals surface area (Å²) in [4.78, 5) is 10.4. The molecule has 5 nitrogen and oxygen atoms in total. The highest BCUT2D eigenvalue weighted by molar-refractivity contribution is 5.89. The zero-order valence-corrected chi connectivity index (χ0v) is 14.6. The molecule has 2 heterocycles. The maximum atomic E-state index is 13.8. The summed E-state index contributed by atoms with van der Waals surface area (Å²) in [6, 6.07) is 11.4. The molecule has 1 aliphatic rings. The molecule has 0 spiro atoms. The van der Waals surface area contributed by atoms with Gasteiger partial charge < -0.3 is 14.7 Å². The topological polar surface area (TPSA) is 58.5 Å². The number of benzene rings is 2. The van der Waals surface area contributed by atoms with Gasteiger partial charge in [0.15, 0.2) is 11.6 Å². The second-order valence-electron chi connectivity index (χ2n) is 6.57. The van der Waals surface area contributed by atoms with Crippen molar-refractivity contribution in [1.29, 1.82) is 0 Å². The molecule has 3 aromatic rings. The number of aliphatic hydroxyl groups excluding tert-OH is 1. The highest BCUT2D eigenvalue weighted by Gasteiger charge is 2.28. The standard InChI is InChI=1S/C20H19F2N3O2/c21-16-9-15-18(10-17(16)22)23-12-24-20(15)25-6-7-27-11-14(25)8-19(26)13-4-2-1-3-5-13/h1-5,9-10,12,14,19,26H,6-8,11H2/t14-,19-/m1/s1. The van der Waals surface area contributed by atoms with Gasteiger partial charge in [-0.25, -0.2) is 18.7 Å². The normalized spacial score (nSPS) is 18.6. The van der Waals surface area contributed by atoms with Gasteiger partial charge >= 0.3 is 0 Å². The lowest BCUT2D eigenvalue weighted by Gasteiger charge is -2.38. The molecule has 0 bridgehead atoms. The maximum Gasteiger partial charge on any atom is 0.161 e. The van der Waals surface area contributed by atoms with Crippen LogP contribution in [0.15, 0.2) is 48.8 Å². The van der Waals surface area contributed by atoms with Gasteiger partial charge in [0.1, 0.15) is 12.1 Å². The molecule has 0 radical (unpaired) electrons. The fourth-order valence-electron chi connectivity index (χ4n) is 3.46. The minimum Gasteiger partial charge on any atom is -0.388 e. The first-order chi connectivity index (χ1) is 13.1. The summed E-state index contributed by atoms with van der Waals surface area (Å²) >= 11 is 0.